The smallest absolute Gasteiger partial charge is 0.234 e. The summed E-state index contributed by atoms with van der Waals surface area (Å²) in [5.41, 5.74) is 0. The summed E-state index contributed by atoms with van der Waals surface area (Å²) < 4.78 is 0. The first kappa shape index (κ1) is 11.5. The van der Waals surface area contributed by atoms with Gasteiger partial charge in [0.15, 0.2) is 0 Å². The number of hydrogen-bond donors (Lipinski definition) is 2. The molecule has 1 fully saturated rings. The van der Waals surface area contributed by atoms with Crippen LogP contribution in [0.5, 0.6) is 0 Å². The molecule has 1 saturated heterocycles. The van der Waals surface area contributed by atoms with Crippen molar-refractivity contribution in [1.82, 2.24) is 10.2 Å². The fraction of sp³-hybridized carbons (Fsp3) is 0.900. The fourth-order valence-corrected chi connectivity index (χ4v) is 1.58. The molecule has 0 aliphatic carbocycles. The molecule has 1 aliphatic rings. The highest BCUT2D eigenvalue weighted by Gasteiger charge is 2.22. The Morgan fingerprint density at radius 1 is 1.71 bits per heavy atom. The van der Waals surface area contributed by atoms with Crippen molar-refractivity contribution in [1.29, 1.82) is 0 Å². The van der Waals surface area contributed by atoms with Crippen molar-refractivity contribution in [2.75, 3.05) is 19.6 Å². The first-order chi connectivity index (χ1) is 6.61. The lowest BCUT2D eigenvalue weighted by atomic mass is 10.2. The highest BCUT2D eigenvalue weighted by atomic mass is 16.3. The number of carbonyl (C=O) groups excluding carboxylic acids is 1. The van der Waals surface area contributed by atoms with Crippen molar-refractivity contribution in [3.8, 4) is 0 Å². The molecule has 0 unspecified atom stereocenters. The number of aliphatic hydroxyl groups is 1. The Hall–Kier alpha value is -0.610. The van der Waals surface area contributed by atoms with Crippen molar-refractivity contribution in [3.63, 3.8) is 0 Å². The third-order valence-corrected chi connectivity index (χ3v) is 2.63. The van der Waals surface area contributed by atoms with Gasteiger partial charge in [-0.3, -0.25) is 9.69 Å². The molecule has 0 saturated carbocycles. The zero-order valence-corrected chi connectivity index (χ0v) is 8.99. The minimum atomic E-state index is -0.244. The highest BCUT2D eigenvalue weighted by Crippen LogP contribution is 2.07. The van der Waals surface area contributed by atoms with E-state index in [1.54, 1.807) is 0 Å². The maximum atomic E-state index is 11.4. The minimum absolute atomic E-state index is 0.0634. The standard InChI is InChI=1S/C10H20N2O2/c1-3-8(2)11-10(14)7-12-5-4-9(13)6-12/h8-9,13H,3-7H2,1-2H3,(H,11,14)/t8-,9-/m0/s1. The lowest BCUT2D eigenvalue weighted by Crippen LogP contribution is -2.40. The SMILES string of the molecule is CC[C@H](C)NC(=O)CN1CC[C@H](O)C1. The summed E-state index contributed by atoms with van der Waals surface area (Å²) in [5, 5.41) is 12.2. The van der Waals surface area contributed by atoms with Crippen molar-refractivity contribution in [2.45, 2.75) is 38.8 Å². The van der Waals surface area contributed by atoms with E-state index in [9.17, 15) is 9.90 Å². The molecule has 2 atom stereocenters. The van der Waals surface area contributed by atoms with E-state index in [0.717, 1.165) is 19.4 Å². The maximum Gasteiger partial charge on any atom is 0.234 e. The Morgan fingerprint density at radius 3 is 2.93 bits per heavy atom. The lowest BCUT2D eigenvalue weighted by Gasteiger charge is -2.16. The third-order valence-electron chi connectivity index (χ3n) is 2.63. The maximum absolute atomic E-state index is 11.4. The molecule has 1 heterocycles. The number of aliphatic hydroxyl groups excluding tert-OH is 1. The number of β-amino-alcohol motifs (C(OH)–C–C–N with tert-alkyl or cyclic N) is 1. The molecule has 0 aromatic rings. The van der Waals surface area contributed by atoms with Gasteiger partial charge < -0.3 is 10.4 Å². The van der Waals surface area contributed by atoms with Crippen LogP contribution in [0.25, 0.3) is 0 Å². The highest BCUT2D eigenvalue weighted by molar-refractivity contribution is 5.78. The first-order valence-corrected chi connectivity index (χ1v) is 5.31. The topological polar surface area (TPSA) is 52.6 Å². The third kappa shape index (κ3) is 3.64. The quantitative estimate of drug-likeness (QED) is 0.670. The summed E-state index contributed by atoms with van der Waals surface area (Å²) in [6.07, 6.45) is 1.50. The number of carbonyl (C=O) groups is 1. The van der Waals surface area contributed by atoms with Gasteiger partial charge in [-0.2, -0.15) is 0 Å². The normalized spacial score (nSPS) is 24.9. The molecule has 1 amide bonds. The second-order valence-corrected chi connectivity index (χ2v) is 4.05. The van der Waals surface area contributed by atoms with Crippen LogP contribution in [0, 0.1) is 0 Å². The molecular formula is C10H20N2O2. The van der Waals surface area contributed by atoms with Crippen molar-refractivity contribution in [3.05, 3.63) is 0 Å². The molecule has 0 aromatic carbocycles. The minimum Gasteiger partial charge on any atom is -0.392 e. The second kappa shape index (κ2) is 5.32. The van der Waals surface area contributed by atoms with Crippen LogP contribution in [0.15, 0.2) is 0 Å². The van der Waals surface area contributed by atoms with Crippen LogP contribution in [-0.4, -0.2) is 47.7 Å². The first-order valence-electron chi connectivity index (χ1n) is 5.31. The van der Waals surface area contributed by atoms with E-state index in [4.69, 9.17) is 0 Å². The van der Waals surface area contributed by atoms with Crippen LogP contribution < -0.4 is 5.32 Å². The molecule has 82 valence electrons. The molecule has 4 nitrogen and oxygen atoms in total. The molecule has 0 bridgehead atoms. The number of hydrogen-bond acceptors (Lipinski definition) is 3. The predicted octanol–water partition coefficient (Wildman–Crippen LogP) is -0.0323. The zero-order valence-electron chi connectivity index (χ0n) is 8.99. The predicted molar refractivity (Wildman–Crippen MR) is 55.0 cm³/mol. The van der Waals surface area contributed by atoms with E-state index < -0.39 is 0 Å². The van der Waals surface area contributed by atoms with Crippen molar-refractivity contribution >= 4 is 5.91 Å². The molecule has 1 rings (SSSR count). The van der Waals surface area contributed by atoms with Gasteiger partial charge in [0.1, 0.15) is 0 Å². The van der Waals surface area contributed by atoms with E-state index in [0.29, 0.717) is 13.1 Å². The van der Waals surface area contributed by atoms with Crippen LogP contribution >= 0.6 is 0 Å². The number of amides is 1. The fourth-order valence-electron chi connectivity index (χ4n) is 1.58. The van der Waals surface area contributed by atoms with Gasteiger partial charge in [0, 0.05) is 19.1 Å². The van der Waals surface area contributed by atoms with Gasteiger partial charge in [-0.25, -0.2) is 0 Å². The van der Waals surface area contributed by atoms with E-state index >= 15 is 0 Å². The van der Waals surface area contributed by atoms with Gasteiger partial charge in [0.05, 0.1) is 12.6 Å². The molecule has 2 N–H and O–H groups in total. The van der Waals surface area contributed by atoms with Gasteiger partial charge >= 0.3 is 0 Å². The Labute approximate surface area is 85.3 Å². The second-order valence-electron chi connectivity index (χ2n) is 4.05. The number of rotatable bonds is 4. The summed E-state index contributed by atoms with van der Waals surface area (Å²) in [6, 6.07) is 0.245. The monoisotopic (exact) mass is 200 g/mol. The van der Waals surface area contributed by atoms with Crippen LogP contribution in [0.4, 0.5) is 0 Å². The van der Waals surface area contributed by atoms with Gasteiger partial charge in [-0.1, -0.05) is 6.92 Å². The Bertz CT molecular complexity index is 197. The summed E-state index contributed by atoms with van der Waals surface area (Å²) in [7, 11) is 0. The molecule has 0 radical (unpaired) electrons. The number of nitrogens with zero attached hydrogens (tertiary/aromatic N) is 1. The number of nitrogens with one attached hydrogen (secondary N) is 1. The van der Waals surface area contributed by atoms with E-state index in [1.807, 2.05) is 18.7 Å². The molecule has 14 heavy (non-hydrogen) atoms. The van der Waals surface area contributed by atoms with E-state index in [2.05, 4.69) is 5.32 Å². The van der Waals surface area contributed by atoms with E-state index in [-0.39, 0.29) is 18.1 Å². The molecule has 0 aromatic heterocycles. The summed E-state index contributed by atoms with van der Waals surface area (Å²) in [6.45, 7) is 5.92. The molecule has 1 aliphatic heterocycles. The lowest BCUT2D eigenvalue weighted by molar-refractivity contribution is -0.122. The zero-order chi connectivity index (χ0) is 10.6. The number of likely N-dealkylation sites (tertiary alicyclic amines) is 1. The largest absolute Gasteiger partial charge is 0.392 e. The average Bonchev–Trinajstić information content (AvgIpc) is 2.50. The van der Waals surface area contributed by atoms with Crippen LogP contribution in [0.2, 0.25) is 0 Å². The van der Waals surface area contributed by atoms with Crippen molar-refractivity contribution in [2.24, 2.45) is 0 Å². The van der Waals surface area contributed by atoms with Crippen LogP contribution in [-0.2, 0) is 4.79 Å². The summed E-state index contributed by atoms with van der Waals surface area (Å²) in [4.78, 5) is 13.4. The summed E-state index contributed by atoms with van der Waals surface area (Å²) >= 11 is 0. The summed E-state index contributed by atoms with van der Waals surface area (Å²) in [5.74, 6) is 0.0634. The Balaban J connectivity index is 2.20. The van der Waals surface area contributed by atoms with Gasteiger partial charge in [0.2, 0.25) is 5.91 Å². The van der Waals surface area contributed by atoms with Crippen LogP contribution in [0.1, 0.15) is 26.7 Å². The van der Waals surface area contributed by atoms with Gasteiger partial charge in [-0.15, -0.1) is 0 Å². The van der Waals surface area contributed by atoms with E-state index in [1.165, 1.54) is 0 Å². The Kier molecular flexibility index (Phi) is 4.35. The molecular weight excluding hydrogens is 180 g/mol. The van der Waals surface area contributed by atoms with Crippen molar-refractivity contribution < 1.29 is 9.90 Å². The average molecular weight is 200 g/mol. The molecule has 0 spiro atoms. The molecule has 4 heteroatoms. The Morgan fingerprint density at radius 2 is 2.43 bits per heavy atom. The van der Waals surface area contributed by atoms with Gasteiger partial charge in [0.25, 0.3) is 0 Å². The van der Waals surface area contributed by atoms with Crippen LogP contribution in [0.3, 0.4) is 0 Å². The van der Waals surface area contributed by atoms with Gasteiger partial charge in [-0.05, 0) is 19.8 Å².